The van der Waals surface area contributed by atoms with Gasteiger partial charge in [0.15, 0.2) is 0 Å². The molecule has 1 aliphatic heterocycles. The molecule has 20 heavy (non-hydrogen) atoms. The zero-order chi connectivity index (χ0) is 14.4. The van der Waals surface area contributed by atoms with E-state index in [1.54, 1.807) is 24.3 Å². The highest BCUT2D eigenvalue weighted by molar-refractivity contribution is 5.93. The predicted octanol–water partition coefficient (Wildman–Crippen LogP) is 1.72. The van der Waals surface area contributed by atoms with E-state index in [-0.39, 0.29) is 11.8 Å². The highest BCUT2D eigenvalue weighted by Crippen LogP contribution is 2.15. The average molecular weight is 274 g/mol. The van der Waals surface area contributed by atoms with E-state index in [0.717, 1.165) is 43.3 Å². The molecule has 1 aromatic rings. The van der Waals surface area contributed by atoms with Crippen LogP contribution in [0.2, 0.25) is 0 Å². The SMILES string of the molecule is O=C(O)/C=C/c1ccc(NC(=O)[C@@H]2CCCNC2)cc1. The van der Waals surface area contributed by atoms with Gasteiger partial charge in [-0.25, -0.2) is 4.79 Å². The zero-order valence-electron chi connectivity index (χ0n) is 11.1. The summed E-state index contributed by atoms with van der Waals surface area (Å²) in [7, 11) is 0. The Morgan fingerprint density at radius 2 is 2.05 bits per heavy atom. The molecular formula is C15H18N2O3. The molecule has 3 N–H and O–H groups in total. The van der Waals surface area contributed by atoms with Gasteiger partial charge in [0.1, 0.15) is 0 Å². The largest absolute Gasteiger partial charge is 0.478 e. The Morgan fingerprint density at radius 1 is 1.30 bits per heavy atom. The lowest BCUT2D eigenvalue weighted by molar-refractivity contribution is -0.131. The number of piperidine rings is 1. The van der Waals surface area contributed by atoms with E-state index in [9.17, 15) is 9.59 Å². The molecule has 1 heterocycles. The van der Waals surface area contributed by atoms with Crippen LogP contribution in [0.1, 0.15) is 18.4 Å². The standard InChI is InChI=1S/C15H18N2O3/c18-14(19)8-5-11-3-6-13(7-4-11)17-15(20)12-2-1-9-16-10-12/h3-8,12,16H,1-2,9-10H2,(H,17,20)(H,18,19)/b8-5+/t12-/m1/s1. The van der Waals surface area contributed by atoms with E-state index in [0.29, 0.717) is 0 Å². The molecule has 1 fully saturated rings. The first-order chi connectivity index (χ1) is 9.65. The normalized spacial score (nSPS) is 18.9. The van der Waals surface area contributed by atoms with Gasteiger partial charge >= 0.3 is 5.97 Å². The molecule has 5 nitrogen and oxygen atoms in total. The predicted molar refractivity (Wildman–Crippen MR) is 77.3 cm³/mol. The first kappa shape index (κ1) is 14.3. The van der Waals surface area contributed by atoms with E-state index in [1.807, 2.05) is 0 Å². The van der Waals surface area contributed by atoms with Gasteiger partial charge in [-0.3, -0.25) is 4.79 Å². The van der Waals surface area contributed by atoms with Crippen LogP contribution in [-0.4, -0.2) is 30.1 Å². The molecular weight excluding hydrogens is 256 g/mol. The second-order valence-corrected chi connectivity index (χ2v) is 4.83. The number of anilines is 1. The van der Waals surface area contributed by atoms with Gasteiger partial charge in [-0.1, -0.05) is 12.1 Å². The molecule has 1 aromatic carbocycles. The Kier molecular flexibility index (Phi) is 4.90. The molecule has 2 rings (SSSR count). The second-order valence-electron chi connectivity index (χ2n) is 4.83. The fourth-order valence-electron chi connectivity index (χ4n) is 2.17. The number of carbonyl (C=O) groups is 2. The van der Waals surface area contributed by atoms with Gasteiger partial charge in [-0.2, -0.15) is 0 Å². The molecule has 1 atom stereocenters. The maximum Gasteiger partial charge on any atom is 0.328 e. The van der Waals surface area contributed by atoms with E-state index in [1.165, 1.54) is 6.08 Å². The molecule has 106 valence electrons. The van der Waals surface area contributed by atoms with Crippen molar-refractivity contribution in [2.45, 2.75) is 12.8 Å². The minimum Gasteiger partial charge on any atom is -0.478 e. The van der Waals surface area contributed by atoms with Crippen molar-refractivity contribution in [1.29, 1.82) is 0 Å². The summed E-state index contributed by atoms with van der Waals surface area (Å²) in [6, 6.07) is 7.09. The third-order valence-corrected chi connectivity index (χ3v) is 3.26. The number of amides is 1. The lowest BCUT2D eigenvalue weighted by Gasteiger charge is -2.21. The molecule has 0 unspecified atom stereocenters. The molecule has 0 aliphatic carbocycles. The van der Waals surface area contributed by atoms with Gasteiger partial charge in [0.2, 0.25) is 5.91 Å². The zero-order valence-corrected chi connectivity index (χ0v) is 11.1. The second kappa shape index (κ2) is 6.86. The maximum atomic E-state index is 12.0. The first-order valence-electron chi connectivity index (χ1n) is 6.68. The summed E-state index contributed by atoms with van der Waals surface area (Å²) in [5.41, 5.74) is 1.51. The summed E-state index contributed by atoms with van der Waals surface area (Å²) in [6.45, 7) is 1.71. The molecule has 0 aromatic heterocycles. The molecule has 0 saturated carbocycles. The number of carboxylic acids is 1. The van der Waals surface area contributed by atoms with Crippen LogP contribution in [0.5, 0.6) is 0 Å². The third-order valence-electron chi connectivity index (χ3n) is 3.26. The minimum atomic E-state index is -0.979. The van der Waals surface area contributed by atoms with Crippen LogP contribution in [0, 0.1) is 5.92 Å². The quantitative estimate of drug-likeness (QED) is 0.731. The summed E-state index contributed by atoms with van der Waals surface area (Å²) in [6.07, 6.45) is 4.54. The van der Waals surface area contributed by atoms with Crippen LogP contribution >= 0.6 is 0 Å². The van der Waals surface area contributed by atoms with E-state index in [4.69, 9.17) is 5.11 Å². The van der Waals surface area contributed by atoms with E-state index in [2.05, 4.69) is 10.6 Å². The molecule has 5 heteroatoms. The van der Waals surface area contributed by atoms with Crippen molar-refractivity contribution in [3.8, 4) is 0 Å². The van der Waals surface area contributed by atoms with Gasteiger partial charge in [0.05, 0.1) is 5.92 Å². The highest BCUT2D eigenvalue weighted by Gasteiger charge is 2.20. The van der Waals surface area contributed by atoms with Crippen LogP contribution in [0.3, 0.4) is 0 Å². The lowest BCUT2D eigenvalue weighted by atomic mass is 9.99. The smallest absolute Gasteiger partial charge is 0.328 e. The number of rotatable bonds is 4. The number of hydrogen-bond acceptors (Lipinski definition) is 3. The Bertz CT molecular complexity index is 502. The van der Waals surface area contributed by atoms with Crippen molar-refractivity contribution in [3.63, 3.8) is 0 Å². The molecule has 0 bridgehead atoms. The van der Waals surface area contributed by atoms with Crippen LogP contribution in [0.15, 0.2) is 30.3 Å². The number of benzene rings is 1. The van der Waals surface area contributed by atoms with Crippen LogP contribution in [0.4, 0.5) is 5.69 Å². The summed E-state index contributed by atoms with van der Waals surface area (Å²) in [5, 5.41) is 14.6. The van der Waals surface area contributed by atoms with Gasteiger partial charge in [-0.05, 0) is 43.2 Å². The Morgan fingerprint density at radius 3 is 2.65 bits per heavy atom. The van der Waals surface area contributed by atoms with Gasteiger partial charge in [0, 0.05) is 18.3 Å². The van der Waals surface area contributed by atoms with Crippen LogP contribution in [0.25, 0.3) is 6.08 Å². The number of carbonyl (C=O) groups excluding carboxylic acids is 1. The number of nitrogens with one attached hydrogen (secondary N) is 2. The van der Waals surface area contributed by atoms with Gasteiger partial charge in [0.25, 0.3) is 0 Å². The monoisotopic (exact) mass is 274 g/mol. The molecule has 1 amide bonds. The molecule has 1 saturated heterocycles. The fraction of sp³-hybridized carbons (Fsp3) is 0.333. The summed E-state index contributed by atoms with van der Waals surface area (Å²) in [5.74, 6) is -0.923. The molecule has 0 spiro atoms. The highest BCUT2D eigenvalue weighted by atomic mass is 16.4. The summed E-state index contributed by atoms with van der Waals surface area (Å²) < 4.78 is 0. The van der Waals surface area contributed by atoms with Crippen LogP contribution < -0.4 is 10.6 Å². The van der Waals surface area contributed by atoms with E-state index >= 15 is 0 Å². The lowest BCUT2D eigenvalue weighted by Crippen LogP contribution is -2.37. The first-order valence-corrected chi connectivity index (χ1v) is 6.68. The van der Waals surface area contributed by atoms with Crippen molar-refractivity contribution < 1.29 is 14.7 Å². The summed E-state index contributed by atoms with van der Waals surface area (Å²) in [4.78, 5) is 22.4. The van der Waals surface area contributed by atoms with Gasteiger partial charge < -0.3 is 15.7 Å². The number of carboxylic acid groups (broad SMARTS) is 1. The van der Waals surface area contributed by atoms with Crippen molar-refractivity contribution in [2.24, 2.45) is 5.92 Å². The topological polar surface area (TPSA) is 78.4 Å². The minimum absolute atomic E-state index is 0.0235. The van der Waals surface area contributed by atoms with Crippen LogP contribution in [-0.2, 0) is 9.59 Å². The molecule has 1 aliphatic rings. The van der Waals surface area contributed by atoms with Crippen molar-refractivity contribution in [2.75, 3.05) is 18.4 Å². The van der Waals surface area contributed by atoms with Crippen molar-refractivity contribution in [1.82, 2.24) is 5.32 Å². The van der Waals surface area contributed by atoms with E-state index < -0.39 is 5.97 Å². The number of hydrogen-bond donors (Lipinski definition) is 3. The Balaban J connectivity index is 1.92. The summed E-state index contributed by atoms with van der Waals surface area (Å²) >= 11 is 0. The number of aliphatic carboxylic acids is 1. The molecule has 0 radical (unpaired) electrons. The fourth-order valence-corrected chi connectivity index (χ4v) is 2.17. The Labute approximate surface area is 117 Å². The third kappa shape index (κ3) is 4.20. The maximum absolute atomic E-state index is 12.0. The van der Waals surface area contributed by atoms with Gasteiger partial charge in [-0.15, -0.1) is 0 Å². The average Bonchev–Trinajstić information content (AvgIpc) is 2.47. The van der Waals surface area contributed by atoms with Crippen molar-refractivity contribution >= 4 is 23.6 Å². The Hall–Kier alpha value is -2.14. The van der Waals surface area contributed by atoms with Crippen molar-refractivity contribution in [3.05, 3.63) is 35.9 Å².